The Morgan fingerprint density at radius 1 is 0.476 bits per heavy atom. The number of hydrogen-bond donors (Lipinski definition) is 0. The summed E-state index contributed by atoms with van der Waals surface area (Å²) in [4.78, 5) is 0. The maximum absolute atomic E-state index is 5.96. The first-order valence-corrected chi connectivity index (χ1v) is 8.28. The minimum atomic E-state index is 0.655. The van der Waals surface area contributed by atoms with Gasteiger partial charge in [-0.3, -0.25) is 0 Å². The molecule has 1 aromatic carbocycles. The molecule has 0 spiro atoms. The molecule has 1 aromatic rings. The zero-order valence-electron chi connectivity index (χ0n) is 14.5. The lowest BCUT2D eigenvalue weighted by atomic mass is 9.95. The summed E-state index contributed by atoms with van der Waals surface area (Å²) in [7, 11) is 0. The van der Waals surface area contributed by atoms with Crippen molar-refractivity contribution >= 4 is 0 Å². The van der Waals surface area contributed by atoms with Crippen molar-refractivity contribution in [3.8, 4) is 17.2 Å². The normalized spacial score (nSPS) is 10.6. The Bertz CT molecular complexity index is 365. The van der Waals surface area contributed by atoms with Crippen LogP contribution in [0.25, 0.3) is 0 Å². The molecular formula is C18H30O3. The SMILES string of the molecule is CCOc1c(CC)c(OCC)c(CC)c(OCC)c1CC. The van der Waals surface area contributed by atoms with Crippen LogP contribution in [-0.4, -0.2) is 19.8 Å². The Balaban J connectivity index is 3.67. The third kappa shape index (κ3) is 3.63. The van der Waals surface area contributed by atoms with Crippen molar-refractivity contribution in [2.75, 3.05) is 19.8 Å². The van der Waals surface area contributed by atoms with Gasteiger partial charge in [0.2, 0.25) is 0 Å². The summed E-state index contributed by atoms with van der Waals surface area (Å²) < 4.78 is 17.9. The van der Waals surface area contributed by atoms with Crippen LogP contribution in [0.2, 0.25) is 0 Å². The van der Waals surface area contributed by atoms with Gasteiger partial charge in [-0.1, -0.05) is 20.8 Å². The molecule has 0 fully saturated rings. The number of ether oxygens (including phenoxy) is 3. The van der Waals surface area contributed by atoms with Crippen LogP contribution >= 0.6 is 0 Å². The standard InChI is InChI=1S/C18H30O3/c1-7-13-16(19-10-4)14(8-2)18(21-12-6)15(9-3)17(13)20-11-5/h7-12H2,1-6H3. The summed E-state index contributed by atoms with van der Waals surface area (Å²) >= 11 is 0. The van der Waals surface area contributed by atoms with Crippen molar-refractivity contribution in [1.82, 2.24) is 0 Å². The van der Waals surface area contributed by atoms with Crippen LogP contribution in [0.1, 0.15) is 58.2 Å². The van der Waals surface area contributed by atoms with Gasteiger partial charge in [0.05, 0.1) is 19.8 Å². The molecule has 0 radical (unpaired) electrons. The number of hydrogen-bond acceptors (Lipinski definition) is 3. The summed E-state index contributed by atoms with van der Waals surface area (Å²) in [5, 5.41) is 0. The Morgan fingerprint density at radius 3 is 0.857 bits per heavy atom. The average molecular weight is 294 g/mol. The lowest BCUT2D eigenvalue weighted by Crippen LogP contribution is -2.10. The van der Waals surface area contributed by atoms with Gasteiger partial charge in [-0.25, -0.2) is 0 Å². The quantitative estimate of drug-likeness (QED) is 0.667. The van der Waals surface area contributed by atoms with Crippen LogP contribution in [0.3, 0.4) is 0 Å². The van der Waals surface area contributed by atoms with Gasteiger partial charge < -0.3 is 14.2 Å². The largest absolute Gasteiger partial charge is 0.493 e. The van der Waals surface area contributed by atoms with Gasteiger partial charge >= 0.3 is 0 Å². The van der Waals surface area contributed by atoms with E-state index in [1.54, 1.807) is 0 Å². The fourth-order valence-corrected chi connectivity index (χ4v) is 2.77. The van der Waals surface area contributed by atoms with Gasteiger partial charge in [0.25, 0.3) is 0 Å². The van der Waals surface area contributed by atoms with Crippen molar-refractivity contribution in [2.45, 2.75) is 60.8 Å². The topological polar surface area (TPSA) is 27.7 Å². The molecule has 0 aliphatic rings. The summed E-state index contributed by atoms with van der Waals surface area (Å²) in [5.41, 5.74) is 3.53. The highest BCUT2D eigenvalue weighted by molar-refractivity contribution is 5.63. The van der Waals surface area contributed by atoms with Gasteiger partial charge in [-0.15, -0.1) is 0 Å². The van der Waals surface area contributed by atoms with Crippen LogP contribution in [0, 0.1) is 0 Å². The van der Waals surface area contributed by atoms with Crippen LogP contribution in [0.4, 0.5) is 0 Å². The maximum Gasteiger partial charge on any atom is 0.133 e. The second-order valence-electron chi connectivity index (χ2n) is 4.78. The molecule has 0 saturated carbocycles. The van der Waals surface area contributed by atoms with E-state index in [-0.39, 0.29) is 0 Å². The van der Waals surface area contributed by atoms with Gasteiger partial charge in [-0.05, 0) is 40.0 Å². The zero-order chi connectivity index (χ0) is 15.8. The van der Waals surface area contributed by atoms with Crippen molar-refractivity contribution < 1.29 is 14.2 Å². The van der Waals surface area contributed by atoms with E-state index >= 15 is 0 Å². The van der Waals surface area contributed by atoms with Crippen molar-refractivity contribution in [1.29, 1.82) is 0 Å². The predicted octanol–water partition coefficient (Wildman–Crippen LogP) is 4.57. The highest BCUT2D eigenvalue weighted by atomic mass is 16.5. The highest BCUT2D eigenvalue weighted by Crippen LogP contribution is 2.44. The van der Waals surface area contributed by atoms with E-state index in [1.807, 2.05) is 20.8 Å². The van der Waals surface area contributed by atoms with E-state index < -0.39 is 0 Å². The van der Waals surface area contributed by atoms with Crippen LogP contribution in [-0.2, 0) is 19.3 Å². The summed E-state index contributed by atoms with van der Waals surface area (Å²) in [6.45, 7) is 14.5. The molecule has 0 aliphatic carbocycles. The second-order valence-corrected chi connectivity index (χ2v) is 4.78. The summed E-state index contributed by atoms with van der Waals surface area (Å²) in [5.74, 6) is 2.89. The fourth-order valence-electron chi connectivity index (χ4n) is 2.77. The van der Waals surface area contributed by atoms with E-state index in [4.69, 9.17) is 14.2 Å². The fraction of sp³-hybridized carbons (Fsp3) is 0.667. The molecule has 1 rings (SSSR count). The lowest BCUT2D eigenvalue weighted by molar-refractivity contribution is 0.293. The molecule has 0 heterocycles. The monoisotopic (exact) mass is 294 g/mol. The van der Waals surface area contributed by atoms with Gasteiger partial charge in [0.15, 0.2) is 0 Å². The summed E-state index contributed by atoms with van der Waals surface area (Å²) in [6.07, 6.45) is 2.70. The molecule has 3 nitrogen and oxygen atoms in total. The zero-order valence-corrected chi connectivity index (χ0v) is 14.5. The predicted molar refractivity (Wildman–Crippen MR) is 88.1 cm³/mol. The van der Waals surface area contributed by atoms with Crippen molar-refractivity contribution in [2.24, 2.45) is 0 Å². The Hall–Kier alpha value is -1.38. The van der Waals surface area contributed by atoms with Gasteiger partial charge in [-0.2, -0.15) is 0 Å². The molecule has 0 N–H and O–H groups in total. The third-order valence-corrected chi connectivity index (χ3v) is 3.57. The molecule has 3 heteroatoms. The van der Waals surface area contributed by atoms with Crippen LogP contribution < -0.4 is 14.2 Å². The molecule has 0 bridgehead atoms. The van der Waals surface area contributed by atoms with E-state index in [9.17, 15) is 0 Å². The number of benzene rings is 1. The smallest absolute Gasteiger partial charge is 0.133 e. The lowest BCUT2D eigenvalue weighted by Gasteiger charge is -2.24. The first-order chi connectivity index (χ1) is 10.2. The van der Waals surface area contributed by atoms with Crippen LogP contribution in [0.15, 0.2) is 0 Å². The molecule has 0 unspecified atom stereocenters. The molecule has 0 aliphatic heterocycles. The third-order valence-electron chi connectivity index (χ3n) is 3.57. The molecule has 0 aromatic heterocycles. The first kappa shape index (κ1) is 17.7. The van der Waals surface area contributed by atoms with E-state index in [2.05, 4.69) is 20.8 Å². The minimum Gasteiger partial charge on any atom is -0.493 e. The second kappa shape index (κ2) is 8.81. The highest BCUT2D eigenvalue weighted by Gasteiger charge is 2.24. The van der Waals surface area contributed by atoms with Crippen molar-refractivity contribution in [3.63, 3.8) is 0 Å². The molecular weight excluding hydrogens is 264 g/mol. The van der Waals surface area contributed by atoms with Gasteiger partial charge in [0.1, 0.15) is 17.2 Å². The number of rotatable bonds is 9. The molecule has 0 atom stereocenters. The van der Waals surface area contributed by atoms with E-state index in [1.165, 1.54) is 16.7 Å². The van der Waals surface area contributed by atoms with Crippen LogP contribution in [0.5, 0.6) is 17.2 Å². The van der Waals surface area contributed by atoms with E-state index in [0.717, 1.165) is 36.5 Å². The molecule has 0 saturated heterocycles. The van der Waals surface area contributed by atoms with Gasteiger partial charge in [0, 0.05) is 16.7 Å². The Kier molecular flexibility index (Phi) is 7.41. The molecule has 120 valence electrons. The average Bonchev–Trinajstić information content (AvgIpc) is 2.49. The van der Waals surface area contributed by atoms with Crippen molar-refractivity contribution in [3.05, 3.63) is 16.7 Å². The first-order valence-electron chi connectivity index (χ1n) is 8.28. The molecule has 0 amide bonds. The summed E-state index contributed by atoms with van der Waals surface area (Å²) in [6, 6.07) is 0. The Morgan fingerprint density at radius 2 is 0.714 bits per heavy atom. The minimum absolute atomic E-state index is 0.655. The molecule has 21 heavy (non-hydrogen) atoms. The maximum atomic E-state index is 5.96. The van der Waals surface area contributed by atoms with E-state index in [0.29, 0.717) is 19.8 Å². The Labute approximate surface area is 129 Å².